The number of carbonyl (C=O) groups is 2. The van der Waals surface area contributed by atoms with Crippen molar-refractivity contribution < 1.29 is 19.4 Å². The topological polar surface area (TPSA) is 89.6 Å². The van der Waals surface area contributed by atoms with E-state index in [1.165, 1.54) is 0 Å². The van der Waals surface area contributed by atoms with Crippen LogP contribution in [0.2, 0.25) is 0 Å². The van der Waals surface area contributed by atoms with Gasteiger partial charge in [-0.3, -0.25) is 9.59 Å². The van der Waals surface area contributed by atoms with Gasteiger partial charge in [-0.15, -0.1) is 0 Å². The fourth-order valence-electron chi connectivity index (χ4n) is 0.719. The Morgan fingerprint density at radius 2 is 2.00 bits per heavy atom. The van der Waals surface area contributed by atoms with Crippen LogP contribution in [0.1, 0.15) is 26.7 Å². The van der Waals surface area contributed by atoms with Crippen molar-refractivity contribution >= 4 is 11.9 Å². The fourth-order valence-corrected chi connectivity index (χ4v) is 0.719. The van der Waals surface area contributed by atoms with Gasteiger partial charge < -0.3 is 15.6 Å². The Balaban J connectivity index is 3.64. The molecule has 1 unspecified atom stereocenters. The summed E-state index contributed by atoms with van der Waals surface area (Å²) in [7, 11) is 0. The Morgan fingerprint density at radius 3 is 2.38 bits per heavy atom. The summed E-state index contributed by atoms with van der Waals surface area (Å²) >= 11 is 0. The van der Waals surface area contributed by atoms with E-state index in [-0.39, 0.29) is 18.9 Å². The molecule has 3 N–H and O–H groups in total. The highest BCUT2D eigenvalue weighted by atomic mass is 16.5. The van der Waals surface area contributed by atoms with Crippen LogP contribution in [0.15, 0.2) is 0 Å². The number of hydrogen-bond donors (Lipinski definition) is 2. The van der Waals surface area contributed by atoms with E-state index < -0.39 is 18.0 Å². The lowest BCUT2D eigenvalue weighted by Crippen LogP contribution is -2.30. The number of carboxylic acid groups (broad SMARTS) is 1. The molecule has 5 heteroatoms. The van der Waals surface area contributed by atoms with Crippen LogP contribution in [0.5, 0.6) is 0 Å². The molecule has 76 valence electrons. The monoisotopic (exact) mass is 189 g/mol. The number of carboxylic acids is 1. The molecule has 0 aromatic rings. The van der Waals surface area contributed by atoms with Crippen LogP contribution in [0.25, 0.3) is 0 Å². The third kappa shape index (κ3) is 6.10. The summed E-state index contributed by atoms with van der Waals surface area (Å²) in [6.07, 6.45) is -0.0134. The van der Waals surface area contributed by atoms with Crippen LogP contribution >= 0.6 is 0 Å². The summed E-state index contributed by atoms with van der Waals surface area (Å²) in [5.41, 5.74) is 5.19. The average Bonchev–Trinajstić information content (AvgIpc) is 1.98. The summed E-state index contributed by atoms with van der Waals surface area (Å²) in [6, 6.07) is -0.986. The van der Waals surface area contributed by atoms with Gasteiger partial charge in [-0.05, 0) is 20.3 Å². The lowest BCUT2D eigenvalue weighted by molar-refractivity contribution is -0.147. The quantitative estimate of drug-likeness (QED) is 0.600. The molecule has 0 heterocycles. The highest BCUT2D eigenvalue weighted by Gasteiger charge is 2.14. The summed E-state index contributed by atoms with van der Waals surface area (Å²) in [5, 5.41) is 8.40. The number of ether oxygens (including phenoxy) is 1. The van der Waals surface area contributed by atoms with Gasteiger partial charge in [0.25, 0.3) is 0 Å². The molecule has 0 radical (unpaired) electrons. The summed E-state index contributed by atoms with van der Waals surface area (Å²) < 4.78 is 4.79. The SMILES string of the molecule is CC(C)OC(=O)CCC(N)C(=O)O. The smallest absolute Gasteiger partial charge is 0.320 e. The molecule has 0 saturated carbocycles. The fraction of sp³-hybridized carbons (Fsp3) is 0.750. The molecule has 0 amide bonds. The van der Waals surface area contributed by atoms with Crippen LogP contribution in [-0.4, -0.2) is 29.2 Å². The van der Waals surface area contributed by atoms with Crippen molar-refractivity contribution in [2.24, 2.45) is 5.73 Å². The number of rotatable bonds is 5. The zero-order chi connectivity index (χ0) is 10.4. The van der Waals surface area contributed by atoms with Gasteiger partial charge in [0.05, 0.1) is 6.10 Å². The molecule has 0 saturated heterocycles. The maximum absolute atomic E-state index is 10.9. The van der Waals surface area contributed by atoms with Crippen molar-refractivity contribution in [3.8, 4) is 0 Å². The lowest BCUT2D eigenvalue weighted by atomic mass is 10.2. The van der Waals surface area contributed by atoms with E-state index in [0.29, 0.717) is 0 Å². The molecule has 0 aliphatic carbocycles. The van der Waals surface area contributed by atoms with E-state index in [0.717, 1.165) is 0 Å². The summed E-state index contributed by atoms with van der Waals surface area (Å²) in [6.45, 7) is 3.46. The van der Waals surface area contributed by atoms with E-state index in [1.807, 2.05) is 0 Å². The molecule has 0 fully saturated rings. The van der Waals surface area contributed by atoms with Crippen molar-refractivity contribution in [3.63, 3.8) is 0 Å². The lowest BCUT2D eigenvalue weighted by Gasteiger charge is -2.08. The Morgan fingerprint density at radius 1 is 1.46 bits per heavy atom. The molecule has 0 bridgehead atoms. The Bertz CT molecular complexity index is 191. The molecule has 13 heavy (non-hydrogen) atoms. The van der Waals surface area contributed by atoms with Gasteiger partial charge in [-0.1, -0.05) is 0 Å². The van der Waals surface area contributed by atoms with Crippen LogP contribution in [-0.2, 0) is 14.3 Å². The minimum absolute atomic E-state index is 0.0473. The Kier molecular flexibility index (Phi) is 5.06. The predicted molar refractivity (Wildman–Crippen MR) is 46.1 cm³/mol. The summed E-state index contributed by atoms with van der Waals surface area (Å²) in [5.74, 6) is -1.51. The van der Waals surface area contributed by atoms with Crippen molar-refractivity contribution in [2.75, 3.05) is 0 Å². The maximum Gasteiger partial charge on any atom is 0.320 e. The third-order valence-electron chi connectivity index (χ3n) is 1.34. The second kappa shape index (κ2) is 5.53. The minimum Gasteiger partial charge on any atom is -0.480 e. The minimum atomic E-state index is -1.10. The predicted octanol–water partition coefficient (Wildman–Crippen LogP) is 0.130. The van der Waals surface area contributed by atoms with Gasteiger partial charge in [0.2, 0.25) is 0 Å². The number of hydrogen-bond acceptors (Lipinski definition) is 4. The van der Waals surface area contributed by atoms with Gasteiger partial charge in [-0.2, -0.15) is 0 Å². The molecule has 0 aromatic carbocycles. The molecular formula is C8H15NO4. The third-order valence-corrected chi connectivity index (χ3v) is 1.34. The number of aliphatic carboxylic acids is 1. The highest BCUT2D eigenvalue weighted by Crippen LogP contribution is 1.99. The summed E-state index contributed by atoms with van der Waals surface area (Å²) in [4.78, 5) is 21.2. The standard InChI is InChI=1S/C8H15NO4/c1-5(2)13-7(10)4-3-6(9)8(11)12/h5-6H,3-4,9H2,1-2H3,(H,11,12). The van der Waals surface area contributed by atoms with Crippen molar-refractivity contribution in [2.45, 2.75) is 38.8 Å². The zero-order valence-corrected chi connectivity index (χ0v) is 7.82. The molecule has 0 aromatic heterocycles. The molecule has 0 aliphatic heterocycles. The highest BCUT2D eigenvalue weighted by molar-refractivity contribution is 5.75. The van der Waals surface area contributed by atoms with Gasteiger partial charge in [0, 0.05) is 6.42 Å². The first-order chi connectivity index (χ1) is 5.93. The van der Waals surface area contributed by atoms with E-state index in [1.54, 1.807) is 13.8 Å². The van der Waals surface area contributed by atoms with Crippen LogP contribution in [0, 0.1) is 0 Å². The van der Waals surface area contributed by atoms with Gasteiger partial charge in [0.15, 0.2) is 0 Å². The van der Waals surface area contributed by atoms with Crippen molar-refractivity contribution in [1.29, 1.82) is 0 Å². The van der Waals surface area contributed by atoms with Crippen LogP contribution in [0.4, 0.5) is 0 Å². The molecular weight excluding hydrogens is 174 g/mol. The largest absolute Gasteiger partial charge is 0.480 e. The molecule has 0 aliphatic rings. The second-order valence-corrected chi connectivity index (χ2v) is 3.02. The first-order valence-electron chi connectivity index (χ1n) is 4.11. The number of nitrogens with two attached hydrogens (primary N) is 1. The molecule has 5 nitrogen and oxygen atoms in total. The average molecular weight is 189 g/mol. The second-order valence-electron chi connectivity index (χ2n) is 3.02. The van der Waals surface area contributed by atoms with E-state index >= 15 is 0 Å². The number of carbonyl (C=O) groups excluding carboxylic acids is 1. The molecule has 0 rings (SSSR count). The Hall–Kier alpha value is -1.10. The first kappa shape index (κ1) is 11.9. The van der Waals surface area contributed by atoms with Crippen molar-refractivity contribution in [1.82, 2.24) is 0 Å². The molecule has 0 spiro atoms. The van der Waals surface area contributed by atoms with E-state index in [2.05, 4.69) is 0 Å². The van der Waals surface area contributed by atoms with Crippen LogP contribution < -0.4 is 5.73 Å². The number of esters is 1. The first-order valence-corrected chi connectivity index (χ1v) is 4.11. The van der Waals surface area contributed by atoms with E-state index in [4.69, 9.17) is 15.6 Å². The van der Waals surface area contributed by atoms with Gasteiger partial charge >= 0.3 is 11.9 Å². The van der Waals surface area contributed by atoms with E-state index in [9.17, 15) is 9.59 Å². The zero-order valence-electron chi connectivity index (χ0n) is 7.82. The normalized spacial score (nSPS) is 12.6. The van der Waals surface area contributed by atoms with Gasteiger partial charge in [-0.25, -0.2) is 0 Å². The van der Waals surface area contributed by atoms with Gasteiger partial charge in [0.1, 0.15) is 6.04 Å². The van der Waals surface area contributed by atoms with Crippen molar-refractivity contribution in [3.05, 3.63) is 0 Å². The van der Waals surface area contributed by atoms with Crippen LogP contribution in [0.3, 0.4) is 0 Å². The maximum atomic E-state index is 10.9. The molecule has 1 atom stereocenters. The Labute approximate surface area is 76.9 Å².